The molecule has 1 fully saturated rings. The lowest BCUT2D eigenvalue weighted by molar-refractivity contribution is 0.385. The van der Waals surface area contributed by atoms with Crippen LogP contribution in [0, 0.1) is 12.8 Å². The maximum Gasteiger partial charge on any atom is 0.150 e. The number of nitrogen functional groups attached to an aromatic ring is 1. The summed E-state index contributed by atoms with van der Waals surface area (Å²) in [5, 5.41) is 4.40. The number of hydrogen-bond donors (Lipinski definition) is 1. The van der Waals surface area contributed by atoms with E-state index in [2.05, 4.69) is 23.8 Å². The van der Waals surface area contributed by atoms with Crippen LogP contribution >= 0.6 is 0 Å². The van der Waals surface area contributed by atoms with Crippen molar-refractivity contribution >= 4 is 11.5 Å². The fourth-order valence-electron chi connectivity index (χ4n) is 2.59. The number of nitrogens with two attached hydrogens (primary N) is 1. The Morgan fingerprint density at radius 1 is 1.31 bits per heavy atom. The molecule has 16 heavy (non-hydrogen) atoms. The summed E-state index contributed by atoms with van der Waals surface area (Å²) in [5.74, 6) is 1.84. The Morgan fingerprint density at radius 3 is 2.56 bits per heavy atom. The first-order chi connectivity index (χ1) is 7.50. The van der Waals surface area contributed by atoms with E-state index in [4.69, 9.17) is 5.73 Å². The van der Waals surface area contributed by atoms with Gasteiger partial charge in [-0.1, -0.05) is 6.92 Å². The highest BCUT2D eigenvalue weighted by Crippen LogP contribution is 2.32. The quantitative estimate of drug-likeness (QED) is 0.790. The highest BCUT2D eigenvalue weighted by molar-refractivity contribution is 5.66. The topological polar surface area (TPSA) is 47.1 Å². The molecule has 0 aromatic carbocycles. The molecule has 4 nitrogen and oxygen atoms in total. The Bertz CT molecular complexity index is 383. The second kappa shape index (κ2) is 4.00. The number of anilines is 2. The molecule has 2 N–H and O–H groups in total. The minimum Gasteiger partial charge on any atom is -0.394 e. The third-order valence-electron chi connectivity index (χ3n) is 3.63. The van der Waals surface area contributed by atoms with Gasteiger partial charge in [0.2, 0.25) is 0 Å². The predicted molar refractivity (Wildman–Crippen MR) is 67.6 cm³/mol. The molecule has 1 aromatic heterocycles. The van der Waals surface area contributed by atoms with Crippen LogP contribution in [-0.2, 0) is 7.05 Å². The van der Waals surface area contributed by atoms with Gasteiger partial charge in [-0.2, -0.15) is 5.10 Å². The molecule has 4 heteroatoms. The van der Waals surface area contributed by atoms with E-state index in [0.717, 1.165) is 29.7 Å². The normalized spacial score (nSPS) is 26.1. The molecule has 1 aromatic rings. The molecular weight excluding hydrogens is 200 g/mol. The molecule has 0 saturated carbocycles. The SMILES string of the molecule is Cc1nn(C)c(N2CC(C)CCC2C)c1N. The van der Waals surface area contributed by atoms with E-state index in [1.165, 1.54) is 12.8 Å². The van der Waals surface area contributed by atoms with E-state index in [0.29, 0.717) is 6.04 Å². The zero-order valence-electron chi connectivity index (χ0n) is 10.7. The summed E-state index contributed by atoms with van der Waals surface area (Å²) in [6.07, 6.45) is 2.55. The fraction of sp³-hybridized carbons (Fsp3) is 0.750. The number of aromatic nitrogens is 2. The third-order valence-corrected chi connectivity index (χ3v) is 3.63. The van der Waals surface area contributed by atoms with Gasteiger partial charge in [0.25, 0.3) is 0 Å². The van der Waals surface area contributed by atoms with E-state index in [9.17, 15) is 0 Å². The molecule has 0 spiro atoms. The summed E-state index contributed by atoms with van der Waals surface area (Å²) in [6.45, 7) is 7.63. The Morgan fingerprint density at radius 2 is 2.00 bits per heavy atom. The smallest absolute Gasteiger partial charge is 0.150 e. The highest BCUT2D eigenvalue weighted by atomic mass is 15.4. The lowest BCUT2D eigenvalue weighted by Gasteiger charge is -2.38. The molecule has 0 bridgehead atoms. The van der Waals surface area contributed by atoms with Gasteiger partial charge in [0.1, 0.15) is 0 Å². The first-order valence-electron chi connectivity index (χ1n) is 6.06. The van der Waals surface area contributed by atoms with E-state index < -0.39 is 0 Å². The maximum absolute atomic E-state index is 6.12. The molecule has 0 amide bonds. The van der Waals surface area contributed by atoms with Gasteiger partial charge in [-0.05, 0) is 32.6 Å². The van der Waals surface area contributed by atoms with Crippen molar-refractivity contribution in [1.29, 1.82) is 0 Å². The van der Waals surface area contributed by atoms with Crippen molar-refractivity contribution < 1.29 is 0 Å². The Hall–Kier alpha value is -1.19. The van der Waals surface area contributed by atoms with Gasteiger partial charge in [0.05, 0.1) is 11.4 Å². The van der Waals surface area contributed by atoms with Crippen molar-refractivity contribution in [3.63, 3.8) is 0 Å². The molecule has 1 saturated heterocycles. The van der Waals surface area contributed by atoms with Gasteiger partial charge in [-0.3, -0.25) is 4.68 Å². The molecule has 1 aliphatic rings. The van der Waals surface area contributed by atoms with Crippen LogP contribution in [0.5, 0.6) is 0 Å². The van der Waals surface area contributed by atoms with E-state index in [1.54, 1.807) is 0 Å². The summed E-state index contributed by atoms with van der Waals surface area (Å²) in [7, 11) is 1.98. The summed E-state index contributed by atoms with van der Waals surface area (Å²) in [5.41, 5.74) is 7.89. The number of aryl methyl sites for hydroxylation is 2. The zero-order valence-corrected chi connectivity index (χ0v) is 10.7. The third kappa shape index (κ3) is 1.77. The number of nitrogens with zero attached hydrogens (tertiary/aromatic N) is 3. The molecule has 2 heterocycles. The summed E-state index contributed by atoms with van der Waals surface area (Å²) < 4.78 is 1.92. The fourth-order valence-corrected chi connectivity index (χ4v) is 2.59. The van der Waals surface area contributed by atoms with Gasteiger partial charge < -0.3 is 10.6 Å². The molecule has 1 aliphatic heterocycles. The van der Waals surface area contributed by atoms with E-state index >= 15 is 0 Å². The van der Waals surface area contributed by atoms with Crippen LogP contribution in [0.25, 0.3) is 0 Å². The van der Waals surface area contributed by atoms with Crippen LogP contribution < -0.4 is 10.6 Å². The average molecular weight is 222 g/mol. The minimum atomic E-state index is 0.563. The summed E-state index contributed by atoms with van der Waals surface area (Å²) >= 11 is 0. The standard InChI is InChI=1S/C12H22N4/c1-8-5-6-9(2)16(7-8)12-11(13)10(3)14-15(12)4/h8-9H,5-7,13H2,1-4H3. The van der Waals surface area contributed by atoms with E-state index in [1.807, 2.05) is 18.7 Å². The number of rotatable bonds is 1. The average Bonchev–Trinajstić information content (AvgIpc) is 2.46. The second-order valence-electron chi connectivity index (χ2n) is 5.13. The van der Waals surface area contributed by atoms with Crippen molar-refractivity contribution in [3.05, 3.63) is 5.69 Å². The Labute approximate surface area is 97.4 Å². The summed E-state index contributed by atoms with van der Waals surface area (Å²) in [4.78, 5) is 2.41. The Kier molecular flexibility index (Phi) is 2.82. The van der Waals surface area contributed by atoms with Crippen LogP contribution in [0.1, 0.15) is 32.4 Å². The van der Waals surface area contributed by atoms with Crippen LogP contribution in [-0.4, -0.2) is 22.4 Å². The van der Waals surface area contributed by atoms with Crippen molar-refractivity contribution in [2.45, 2.75) is 39.7 Å². The lowest BCUT2D eigenvalue weighted by atomic mass is 9.95. The first-order valence-corrected chi connectivity index (χ1v) is 6.06. The highest BCUT2D eigenvalue weighted by Gasteiger charge is 2.27. The zero-order chi connectivity index (χ0) is 11.9. The predicted octanol–water partition coefficient (Wildman–Crippen LogP) is 1.94. The summed E-state index contributed by atoms with van der Waals surface area (Å²) in [6, 6.07) is 0.563. The van der Waals surface area contributed by atoms with Crippen molar-refractivity contribution in [2.24, 2.45) is 13.0 Å². The Balaban J connectivity index is 2.34. The number of hydrogen-bond acceptors (Lipinski definition) is 3. The molecule has 0 radical (unpaired) electrons. The van der Waals surface area contributed by atoms with Crippen molar-refractivity contribution in [3.8, 4) is 0 Å². The van der Waals surface area contributed by atoms with E-state index in [-0.39, 0.29) is 0 Å². The molecular formula is C12H22N4. The lowest BCUT2D eigenvalue weighted by Crippen LogP contribution is -2.42. The van der Waals surface area contributed by atoms with Crippen molar-refractivity contribution in [2.75, 3.05) is 17.2 Å². The van der Waals surface area contributed by atoms with Gasteiger partial charge >= 0.3 is 0 Å². The van der Waals surface area contributed by atoms with Gasteiger partial charge in [0, 0.05) is 19.6 Å². The number of piperidine rings is 1. The maximum atomic E-state index is 6.12. The first kappa shape index (κ1) is 11.3. The van der Waals surface area contributed by atoms with Crippen molar-refractivity contribution in [1.82, 2.24) is 9.78 Å². The van der Waals surface area contributed by atoms with Gasteiger partial charge in [0.15, 0.2) is 5.82 Å². The molecule has 2 atom stereocenters. The van der Waals surface area contributed by atoms with Gasteiger partial charge in [-0.15, -0.1) is 0 Å². The van der Waals surface area contributed by atoms with Crippen LogP contribution in [0.2, 0.25) is 0 Å². The second-order valence-corrected chi connectivity index (χ2v) is 5.13. The van der Waals surface area contributed by atoms with Crippen LogP contribution in [0.4, 0.5) is 11.5 Å². The molecule has 2 rings (SSSR count). The van der Waals surface area contributed by atoms with Crippen LogP contribution in [0.3, 0.4) is 0 Å². The van der Waals surface area contributed by atoms with Crippen LogP contribution in [0.15, 0.2) is 0 Å². The molecule has 2 unspecified atom stereocenters. The van der Waals surface area contributed by atoms with Gasteiger partial charge in [-0.25, -0.2) is 0 Å². The largest absolute Gasteiger partial charge is 0.394 e. The molecule has 0 aliphatic carbocycles. The monoisotopic (exact) mass is 222 g/mol. The molecule has 90 valence electrons. The minimum absolute atomic E-state index is 0.563.